The van der Waals surface area contributed by atoms with Crippen LogP contribution in [0.15, 0.2) is 95.1 Å². The minimum atomic E-state index is 0.832. The van der Waals surface area contributed by atoms with Crippen LogP contribution >= 0.6 is 0 Å². The smallest absolute Gasteiger partial charge is 0.155 e. The Morgan fingerprint density at radius 1 is 0.577 bits per heavy atom. The van der Waals surface area contributed by atoms with E-state index in [-0.39, 0.29) is 0 Å². The maximum atomic E-state index is 4.66. The van der Waals surface area contributed by atoms with E-state index in [1.807, 2.05) is 25.2 Å². The van der Waals surface area contributed by atoms with Crippen molar-refractivity contribution in [1.82, 2.24) is 4.57 Å². The molecule has 4 aromatic rings. The molecule has 1 heterocycles. The first kappa shape index (κ1) is 14.8. The highest BCUT2D eigenvalue weighted by Crippen LogP contribution is 2.36. The molecule has 0 saturated heterocycles. The number of fused-ring (bicyclic) bond motifs is 4. The zero-order chi connectivity index (χ0) is 17.5. The summed E-state index contributed by atoms with van der Waals surface area (Å²) in [6.45, 7) is 0. The molecule has 0 N–H and O–H groups in total. The van der Waals surface area contributed by atoms with Gasteiger partial charge in [-0.3, -0.25) is 0 Å². The lowest BCUT2D eigenvalue weighted by molar-refractivity contribution is 0.853. The van der Waals surface area contributed by atoms with Crippen molar-refractivity contribution in [2.75, 3.05) is 0 Å². The lowest BCUT2D eigenvalue weighted by Crippen LogP contribution is -2.17. The second kappa shape index (κ2) is 5.81. The SMILES string of the molecule is Cn1/c(=N/N=C2c3ccccc3-c3ccccc32)ccc2ccccc21. The standard InChI is InChI=1S/C23H17N3/c1-26-21-13-7-2-8-16(21)14-15-22(26)24-25-23-19-11-5-3-9-17(19)18-10-4-6-12-20(18)23/h2-15H,1H3/b24-22+. The third-order valence-electron chi connectivity index (χ3n) is 4.96. The van der Waals surface area contributed by atoms with Gasteiger partial charge in [-0.1, -0.05) is 66.7 Å². The summed E-state index contributed by atoms with van der Waals surface area (Å²) in [7, 11) is 2.03. The maximum Gasteiger partial charge on any atom is 0.155 e. The Morgan fingerprint density at radius 2 is 1.15 bits per heavy atom. The van der Waals surface area contributed by atoms with Gasteiger partial charge in [0.05, 0.1) is 0 Å². The fourth-order valence-electron chi connectivity index (χ4n) is 3.64. The first-order chi connectivity index (χ1) is 12.8. The number of nitrogens with zero attached hydrogens (tertiary/aromatic N) is 3. The summed E-state index contributed by atoms with van der Waals surface area (Å²) in [6.07, 6.45) is 0. The maximum absolute atomic E-state index is 4.66. The van der Waals surface area contributed by atoms with E-state index in [1.165, 1.54) is 16.5 Å². The molecule has 1 aromatic heterocycles. The van der Waals surface area contributed by atoms with Gasteiger partial charge < -0.3 is 4.57 Å². The van der Waals surface area contributed by atoms with E-state index in [1.54, 1.807) is 0 Å². The van der Waals surface area contributed by atoms with Crippen LogP contribution in [0.3, 0.4) is 0 Å². The van der Waals surface area contributed by atoms with Gasteiger partial charge in [0, 0.05) is 23.7 Å². The minimum absolute atomic E-state index is 0.832. The van der Waals surface area contributed by atoms with Crippen LogP contribution in [0.5, 0.6) is 0 Å². The van der Waals surface area contributed by atoms with Crippen molar-refractivity contribution in [1.29, 1.82) is 0 Å². The van der Waals surface area contributed by atoms with Crippen molar-refractivity contribution in [2.45, 2.75) is 0 Å². The molecule has 3 heteroatoms. The third kappa shape index (κ3) is 2.21. The Balaban J connectivity index is 1.73. The third-order valence-corrected chi connectivity index (χ3v) is 4.96. The number of aryl methyl sites for hydroxylation is 1. The topological polar surface area (TPSA) is 29.6 Å². The van der Waals surface area contributed by atoms with E-state index in [0.29, 0.717) is 0 Å². The lowest BCUT2D eigenvalue weighted by atomic mass is 10.1. The fraction of sp³-hybridized carbons (Fsp3) is 0.0435. The minimum Gasteiger partial charge on any atom is -0.327 e. The summed E-state index contributed by atoms with van der Waals surface area (Å²) in [5, 5.41) is 10.4. The van der Waals surface area contributed by atoms with E-state index in [9.17, 15) is 0 Å². The second-order valence-corrected chi connectivity index (χ2v) is 6.45. The van der Waals surface area contributed by atoms with E-state index in [4.69, 9.17) is 0 Å². The predicted octanol–water partition coefficient (Wildman–Crippen LogP) is 4.51. The summed E-state index contributed by atoms with van der Waals surface area (Å²) < 4.78 is 2.08. The summed E-state index contributed by atoms with van der Waals surface area (Å²) in [6, 6.07) is 29.2. The van der Waals surface area contributed by atoms with Gasteiger partial charge in [-0.25, -0.2) is 0 Å². The Hall–Kier alpha value is -3.46. The quantitative estimate of drug-likeness (QED) is 0.403. The van der Waals surface area contributed by atoms with Gasteiger partial charge >= 0.3 is 0 Å². The molecule has 1 aliphatic carbocycles. The summed E-state index contributed by atoms with van der Waals surface area (Å²) in [5.41, 5.74) is 7.63. The molecule has 3 aromatic carbocycles. The molecule has 0 aliphatic heterocycles. The van der Waals surface area contributed by atoms with Crippen LogP contribution in [0.25, 0.3) is 22.0 Å². The Labute approximate surface area is 151 Å². The summed E-state index contributed by atoms with van der Waals surface area (Å²) in [4.78, 5) is 0. The molecule has 0 spiro atoms. The number of rotatable bonds is 1. The molecule has 0 unspecified atom stereocenters. The van der Waals surface area contributed by atoms with Gasteiger partial charge in [-0.05, 0) is 34.7 Å². The van der Waals surface area contributed by atoms with E-state index in [0.717, 1.165) is 27.8 Å². The molecule has 124 valence electrons. The molecule has 0 bridgehead atoms. The van der Waals surface area contributed by atoms with Crippen LogP contribution in [0, 0.1) is 0 Å². The summed E-state index contributed by atoms with van der Waals surface area (Å²) in [5.74, 6) is 0. The van der Waals surface area contributed by atoms with Gasteiger partial charge in [0.15, 0.2) is 5.49 Å². The normalized spacial score (nSPS) is 13.0. The van der Waals surface area contributed by atoms with Gasteiger partial charge in [-0.15, -0.1) is 10.2 Å². The van der Waals surface area contributed by atoms with Crippen LogP contribution in [-0.2, 0) is 7.05 Å². The lowest BCUT2D eigenvalue weighted by Gasteiger charge is -2.05. The van der Waals surface area contributed by atoms with Crippen molar-refractivity contribution in [3.8, 4) is 11.1 Å². The molecular weight excluding hydrogens is 318 g/mol. The van der Waals surface area contributed by atoms with Gasteiger partial charge in [0.2, 0.25) is 0 Å². The van der Waals surface area contributed by atoms with Gasteiger partial charge in [0.1, 0.15) is 5.71 Å². The number of hydrogen-bond acceptors (Lipinski definition) is 2. The molecular formula is C23H17N3. The first-order valence-electron chi connectivity index (χ1n) is 8.68. The van der Waals surface area contributed by atoms with Crippen LogP contribution < -0.4 is 5.49 Å². The molecule has 0 amide bonds. The molecule has 0 saturated carbocycles. The molecule has 3 nitrogen and oxygen atoms in total. The predicted molar refractivity (Wildman–Crippen MR) is 106 cm³/mol. The number of benzene rings is 3. The largest absolute Gasteiger partial charge is 0.327 e. The second-order valence-electron chi connectivity index (χ2n) is 6.45. The number of hydrogen-bond donors (Lipinski definition) is 0. The van der Waals surface area contributed by atoms with Gasteiger partial charge in [0.25, 0.3) is 0 Å². The van der Waals surface area contributed by atoms with Crippen molar-refractivity contribution in [2.24, 2.45) is 17.3 Å². The van der Waals surface area contributed by atoms with Gasteiger partial charge in [-0.2, -0.15) is 0 Å². The number of aromatic nitrogens is 1. The Kier molecular flexibility index (Phi) is 3.32. The molecule has 5 rings (SSSR count). The van der Waals surface area contributed by atoms with Crippen molar-refractivity contribution in [3.05, 3.63) is 102 Å². The van der Waals surface area contributed by atoms with Crippen molar-refractivity contribution >= 4 is 16.6 Å². The average Bonchev–Trinajstić information content (AvgIpc) is 3.02. The monoisotopic (exact) mass is 335 g/mol. The van der Waals surface area contributed by atoms with E-state index < -0.39 is 0 Å². The first-order valence-corrected chi connectivity index (χ1v) is 8.68. The number of pyridine rings is 1. The average molecular weight is 335 g/mol. The molecule has 26 heavy (non-hydrogen) atoms. The van der Waals surface area contributed by atoms with Crippen LogP contribution in [-0.4, -0.2) is 10.3 Å². The zero-order valence-electron chi connectivity index (χ0n) is 14.4. The van der Waals surface area contributed by atoms with Crippen LogP contribution in [0.4, 0.5) is 0 Å². The van der Waals surface area contributed by atoms with E-state index >= 15 is 0 Å². The highest BCUT2D eigenvalue weighted by atomic mass is 15.2. The highest BCUT2D eigenvalue weighted by Gasteiger charge is 2.23. The molecule has 0 fully saturated rings. The Bertz CT molecular complexity index is 1200. The van der Waals surface area contributed by atoms with Crippen molar-refractivity contribution < 1.29 is 0 Å². The number of para-hydroxylation sites is 1. The molecule has 0 radical (unpaired) electrons. The fourth-order valence-corrected chi connectivity index (χ4v) is 3.64. The van der Waals surface area contributed by atoms with Crippen molar-refractivity contribution in [3.63, 3.8) is 0 Å². The zero-order valence-corrected chi connectivity index (χ0v) is 14.4. The highest BCUT2D eigenvalue weighted by molar-refractivity contribution is 6.24. The van der Waals surface area contributed by atoms with Crippen LogP contribution in [0.1, 0.15) is 11.1 Å². The van der Waals surface area contributed by atoms with E-state index in [2.05, 4.69) is 81.5 Å². The molecule has 0 atom stereocenters. The molecule has 1 aliphatic rings. The summed E-state index contributed by atoms with van der Waals surface area (Å²) >= 11 is 0. The Morgan fingerprint density at radius 3 is 1.85 bits per heavy atom. The van der Waals surface area contributed by atoms with Crippen LogP contribution in [0.2, 0.25) is 0 Å².